The fourth-order valence-corrected chi connectivity index (χ4v) is 6.28. The number of rotatable bonds is 4. The molecule has 43 heavy (non-hydrogen) atoms. The van der Waals surface area contributed by atoms with Crippen molar-refractivity contribution in [2.75, 3.05) is 0 Å². The van der Waals surface area contributed by atoms with E-state index in [-0.39, 0.29) is 6.17 Å². The van der Waals surface area contributed by atoms with E-state index in [1.54, 1.807) is 0 Å². The molecule has 2 aliphatic rings. The average Bonchev–Trinajstić information content (AvgIpc) is 3.07. The number of allylic oxidation sites excluding steroid dienone is 1. The van der Waals surface area contributed by atoms with E-state index in [2.05, 4.69) is 139 Å². The molecule has 0 saturated heterocycles. The van der Waals surface area contributed by atoms with Gasteiger partial charge in [0.25, 0.3) is 0 Å². The highest BCUT2D eigenvalue weighted by Crippen LogP contribution is 2.32. The number of nitrogens with zero attached hydrogens (tertiary/aromatic N) is 3. The topological polar surface area (TPSA) is 49.6 Å². The lowest BCUT2D eigenvalue weighted by molar-refractivity contribution is 0.756. The second kappa shape index (κ2) is 10.5. The largest absolute Gasteiger partial charge is 0.324 e. The van der Waals surface area contributed by atoms with Gasteiger partial charge in [-0.1, -0.05) is 110 Å². The average molecular weight is 555 g/mol. The van der Waals surface area contributed by atoms with Crippen molar-refractivity contribution in [1.82, 2.24) is 10.3 Å². The number of nitrogens with one attached hydrogen (secondary N) is 1. The number of benzene rings is 5. The molecule has 2 unspecified atom stereocenters. The van der Waals surface area contributed by atoms with Crippen LogP contribution in [0.5, 0.6) is 0 Å². The van der Waals surface area contributed by atoms with Crippen molar-refractivity contribution in [2.24, 2.45) is 9.98 Å². The van der Waals surface area contributed by atoms with Crippen LogP contribution in [-0.2, 0) is 0 Å². The molecule has 0 saturated carbocycles. The smallest absolute Gasteiger partial charge is 0.169 e. The summed E-state index contributed by atoms with van der Waals surface area (Å²) in [6.45, 7) is 2.29. The molecule has 1 aliphatic heterocycles. The van der Waals surface area contributed by atoms with Crippen LogP contribution in [0.25, 0.3) is 38.7 Å². The van der Waals surface area contributed by atoms with Crippen LogP contribution in [0.3, 0.4) is 0 Å². The highest BCUT2D eigenvalue weighted by atomic mass is 15.2. The van der Waals surface area contributed by atoms with E-state index >= 15 is 0 Å². The van der Waals surface area contributed by atoms with Gasteiger partial charge in [-0.25, -0.2) is 9.98 Å². The Bertz CT molecular complexity index is 2100. The first-order chi connectivity index (χ1) is 21.2. The lowest BCUT2D eigenvalue weighted by Gasteiger charge is -2.24. The fourth-order valence-electron chi connectivity index (χ4n) is 6.28. The van der Waals surface area contributed by atoms with Crippen molar-refractivity contribution in [3.63, 3.8) is 0 Å². The van der Waals surface area contributed by atoms with Gasteiger partial charge in [-0.05, 0) is 74.5 Å². The highest BCUT2D eigenvalue weighted by Gasteiger charge is 2.22. The molecule has 8 rings (SSSR count). The van der Waals surface area contributed by atoms with E-state index in [1.165, 1.54) is 32.8 Å². The molecule has 4 nitrogen and oxygen atoms in total. The van der Waals surface area contributed by atoms with Crippen molar-refractivity contribution >= 4 is 39.3 Å². The maximum atomic E-state index is 5.16. The van der Waals surface area contributed by atoms with E-state index in [0.717, 1.165) is 45.7 Å². The minimum absolute atomic E-state index is 0.356. The Labute approximate surface area is 251 Å². The monoisotopic (exact) mass is 554 g/mol. The second-order valence-electron chi connectivity index (χ2n) is 11.4. The molecule has 0 fully saturated rings. The molecule has 1 aliphatic carbocycles. The molecule has 1 aromatic heterocycles. The Morgan fingerprint density at radius 3 is 2.33 bits per heavy atom. The summed E-state index contributed by atoms with van der Waals surface area (Å²) in [6, 6.07) is 38.7. The van der Waals surface area contributed by atoms with Gasteiger partial charge >= 0.3 is 0 Å². The molecule has 6 aromatic rings. The molecular weight excluding hydrogens is 524 g/mol. The van der Waals surface area contributed by atoms with Gasteiger partial charge in [-0.3, -0.25) is 4.98 Å². The van der Waals surface area contributed by atoms with E-state index < -0.39 is 0 Å². The lowest BCUT2D eigenvalue weighted by Crippen LogP contribution is -2.36. The van der Waals surface area contributed by atoms with E-state index in [1.807, 2.05) is 12.4 Å². The molecule has 0 bridgehead atoms. The molecule has 0 amide bonds. The Morgan fingerprint density at radius 2 is 1.44 bits per heavy atom. The standard InChI is InChI=1S/C39H30N4/c1-25-6-4-10-31-23-33(18-19-34(25)31)39-42-37(41-38(43-39)32-17-12-26-7-2-3-8-30(26)22-32)29-15-13-28(14-16-29)35-11-5-9-27-20-21-40-24-36(27)35/h2-5,7-25,38H,6H2,1H3,(H,41,42,43). The summed E-state index contributed by atoms with van der Waals surface area (Å²) in [5.41, 5.74) is 8.13. The van der Waals surface area contributed by atoms with Crippen molar-refractivity contribution < 1.29 is 0 Å². The minimum atomic E-state index is -0.356. The van der Waals surface area contributed by atoms with Crippen LogP contribution in [0.4, 0.5) is 0 Å². The van der Waals surface area contributed by atoms with Crippen LogP contribution in [0.15, 0.2) is 138 Å². The molecule has 5 aromatic carbocycles. The lowest BCUT2D eigenvalue weighted by atomic mass is 9.87. The number of aromatic nitrogens is 1. The van der Waals surface area contributed by atoms with Gasteiger partial charge in [0.2, 0.25) is 0 Å². The molecule has 2 atom stereocenters. The van der Waals surface area contributed by atoms with Crippen LogP contribution >= 0.6 is 0 Å². The maximum absolute atomic E-state index is 5.16. The summed E-state index contributed by atoms with van der Waals surface area (Å²) in [7, 11) is 0. The van der Waals surface area contributed by atoms with Gasteiger partial charge in [0.15, 0.2) is 6.17 Å². The third-order valence-corrected chi connectivity index (χ3v) is 8.64. The quantitative estimate of drug-likeness (QED) is 0.236. The molecule has 1 N–H and O–H groups in total. The minimum Gasteiger partial charge on any atom is -0.324 e. The van der Waals surface area contributed by atoms with Gasteiger partial charge < -0.3 is 5.32 Å². The number of hydrogen-bond donors (Lipinski definition) is 1. The van der Waals surface area contributed by atoms with Gasteiger partial charge in [-0.15, -0.1) is 0 Å². The Kier molecular flexibility index (Phi) is 6.19. The Hall–Kier alpha value is -5.35. The summed E-state index contributed by atoms with van der Waals surface area (Å²) < 4.78 is 0. The van der Waals surface area contributed by atoms with Crippen molar-refractivity contribution in [1.29, 1.82) is 0 Å². The second-order valence-corrected chi connectivity index (χ2v) is 11.4. The first-order valence-corrected chi connectivity index (χ1v) is 14.9. The Balaban J connectivity index is 1.20. The van der Waals surface area contributed by atoms with Crippen LogP contribution in [0.2, 0.25) is 0 Å². The highest BCUT2D eigenvalue weighted by molar-refractivity contribution is 6.16. The van der Waals surface area contributed by atoms with E-state index in [4.69, 9.17) is 9.98 Å². The third-order valence-electron chi connectivity index (χ3n) is 8.64. The third kappa shape index (κ3) is 4.71. The number of aliphatic imine (C=N–C) groups is 2. The fraction of sp³-hybridized carbons (Fsp3) is 0.103. The normalized spacial score (nSPS) is 17.7. The first-order valence-electron chi connectivity index (χ1n) is 14.9. The van der Waals surface area contributed by atoms with Crippen molar-refractivity contribution in [3.05, 3.63) is 155 Å². The van der Waals surface area contributed by atoms with Crippen molar-refractivity contribution in [2.45, 2.75) is 25.4 Å². The predicted molar refractivity (Wildman–Crippen MR) is 179 cm³/mol. The molecule has 0 radical (unpaired) electrons. The van der Waals surface area contributed by atoms with Crippen LogP contribution in [0.1, 0.15) is 53.2 Å². The van der Waals surface area contributed by atoms with Gasteiger partial charge in [0.05, 0.1) is 0 Å². The zero-order valence-corrected chi connectivity index (χ0v) is 23.9. The number of amidine groups is 2. The summed E-state index contributed by atoms with van der Waals surface area (Å²) in [5.74, 6) is 2.17. The number of fused-ring (bicyclic) bond motifs is 3. The SMILES string of the molecule is CC1CC=Cc2cc(C3=NC(c4ccc5ccccc5c4)N=C(c4ccc(-c5cccc6ccncc56)cc4)N3)ccc21. The predicted octanol–water partition coefficient (Wildman–Crippen LogP) is 9.07. The van der Waals surface area contributed by atoms with Crippen LogP contribution in [-0.4, -0.2) is 16.7 Å². The number of hydrogen-bond acceptors (Lipinski definition) is 4. The zero-order valence-electron chi connectivity index (χ0n) is 23.9. The summed E-state index contributed by atoms with van der Waals surface area (Å²) in [5, 5.41) is 8.33. The maximum Gasteiger partial charge on any atom is 0.169 e. The van der Waals surface area contributed by atoms with Gasteiger partial charge in [0.1, 0.15) is 11.7 Å². The Morgan fingerprint density at radius 1 is 0.674 bits per heavy atom. The molecule has 0 spiro atoms. The van der Waals surface area contributed by atoms with Crippen LogP contribution in [0, 0.1) is 0 Å². The number of pyridine rings is 1. The molecule has 206 valence electrons. The summed E-state index contributed by atoms with van der Waals surface area (Å²) in [6.07, 6.45) is 9.01. The van der Waals surface area contributed by atoms with Gasteiger partial charge in [0, 0.05) is 28.9 Å². The molecular formula is C39H30N4. The van der Waals surface area contributed by atoms with Crippen LogP contribution < -0.4 is 5.32 Å². The molecule has 2 heterocycles. The van der Waals surface area contributed by atoms with E-state index in [9.17, 15) is 0 Å². The summed E-state index contributed by atoms with van der Waals surface area (Å²) >= 11 is 0. The first kappa shape index (κ1) is 25.4. The summed E-state index contributed by atoms with van der Waals surface area (Å²) in [4.78, 5) is 14.7. The van der Waals surface area contributed by atoms with Crippen molar-refractivity contribution in [3.8, 4) is 11.1 Å². The molecule has 4 heteroatoms. The van der Waals surface area contributed by atoms with E-state index in [0.29, 0.717) is 5.92 Å². The zero-order chi connectivity index (χ0) is 28.8. The van der Waals surface area contributed by atoms with Gasteiger partial charge in [-0.2, -0.15) is 0 Å².